The van der Waals surface area contributed by atoms with Crippen molar-refractivity contribution < 1.29 is 19.6 Å². The third-order valence-corrected chi connectivity index (χ3v) is 3.24. The van der Waals surface area contributed by atoms with Gasteiger partial charge in [-0.2, -0.15) is 0 Å². The van der Waals surface area contributed by atoms with E-state index in [1.54, 1.807) is 0 Å². The van der Waals surface area contributed by atoms with Gasteiger partial charge >= 0.3 is 5.97 Å². The van der Waals surface area contributed by atoms with Gasteiger partial charge in [0.2, 0.25) is 0 Å². The maximum Gasteiger partial charge on any atom is 0.338 e. The fourth-order valence-electron chi connectivity index (χ4n) is 2.14. The van der Waals surface area contributed by atoms with Crippen LogP contribution in [0.5, 0.6) is 0 Å². The Morgan fingerprint density at radius 1 is 1.26 bits per heavy atom. The number of benzene rings is 1. The highest BCUT2D eigenvalue weighted by Crippen LogP contribution is 2.22. The van der Waals surface area contributed by atoms with Gasteiger partial charge in [0.15, 0.2) is 0 Å². The quantitative estimate of drug-likeness (QED) is 0.513. The lowest BCUT2D eigenvalue weighted by Gasteiger charge is -2.27. The van der Waals surface area contributed by atoms with Crippen molar-refractivity contribution in [3.05, 3.63) is 39.9 Å². The zero-order chi connectivity index (χ0) is 13.8. The van der Waals surface area contributed by atoms with Gasteiger partial charge in [0.05, 0.1) is 16.6 Å². The summed E-state index contributed by atoms with van der Waals surface area (Å²) in [7, 11) is 0. The van der Waals surface area contributed by atoms with Crippen LogP contribution in [0.3, 0.4) is 0 Å². The first kappa shape index (κ1) is 13.5. The summed E-state index contributed by atoms with van der Waals surface area (Å²) in [5.41, 5.74) is 0.178. The van der Waals surface area contributed by atoms with Gasteiger partial charge in [0.25, 0.3) is 5.69 Å². The summed E-state index contributed by atoms with van der Waals surface area (Å²) >= 11 is 0. The molecule has 102 valence electrons. The fraction of sp³-hybridized carbons (Fsp3) is 0.462. The Labute approximate surface area is 110 Å². The molecule has 1 N–H and O–H groups in total. The van der Waals surface area contributed by atoms with Crippen molar-refractivity contribution in [1.29, 1.82) is 0 Å². The van der Waals surface area contributed by atoms with Gasteiger partial charge in [-0.1, -0.05) is 6.42 Å². The van der Waals surface area contributed by atoms with Gasteiger partial charge in [0, 0.05) is 12.1 Å². The van der Waals surface area contributed by atoms with Crippen LogP contribution in [0.2, 0.25) is 0 Å². The lowest BCUT2D eigenvalue weighted by molar-refractivity contribution is -0.384. The lowest BCUT2D eigenvalue weighted by Crippen LogP contribution is -2.34. The predicted octanol–water partition coefficient (Wildman–Crippen LogP) is 2.06. The summed E-state index contributed by atoms with van der Waals surface area (Å²) in [6, 6.07) is 5.23. The van der Waals surface area contributed by atoms with E-state index < -0.39 is 23.1 Å². The van der Waals surface area contributed by atoms with Gasteiger partial charge in [0.1, 0.15) is 6.10 Å². The fourth-order valence-corrected chi connectivity index (χ4v) is 2.14. The molecule has 0 spiro atoms. The number of hydrogen-bond acceptors (Lipinski definition) is 5. The van der Waals surface area contributed by atoms with E-state index in [-0.39, 0.29) is 11.3 Å². The Kier molecular flexibility index (Phi) is 4.11. The predicted molar refractivity (Wildman–Crippen MR) is 66.8 cm³/mol. The minimum absolute atomic E-state index is 0.0748. The third kappa shape index (κ3) is 3.29. The molecule has 1 aliphatic carbocycles. The molecule has 2 atom stereocenters. The van der Waals surface area contributed by atoms with Crippen molar-refractivity contribution in [2.45, 2.75) is 37.9 Å². The van der Waals surface area contributed by atoms with Gasteiger partial charge in [-0.25, -0.2) is 4.79 Å². The standard InChI is InChI=1S/C13H15NO5/c15-11-3-1-2-4-12(11)19-13(16)9-5-7-10(8-6-9)14(17)18/h5-8,11-12,15H,1-4H2/t11-,12+/m1/s1. The van der Waals surface area contributed by atoms with Crippen molar-refractivity contribution in [2.75, 3.05) is 0 Å². The van der Waals surface area contributed by atoms with Gasteiger partial charge < -0.3 is 9.84 Å². The van der Waals surface area contributed by atoms with E-state index in [1.807, 2.05) is 0 Å². The molecule has 0 bridgehead atoms. The summed E-state index contributed by atoms with van der Waals surface area (Å²) in [5, 5.41) is 20.2. The number of esters is 1. The van der Waals surface area contributed by atoms with Crippen LogP contribution in [-0.2, 0) is 4.74 Å². The third-order valence-electron chi connectivity index (χ3n) is 3.24. The monoisotopic (exact) mass is 265 g/mol. The molecule has 0 radical (unpaired) electrons. The molecule has 1 saturated carbocycles. The highest BCUT2D eigenvalue weighted by molar-refractivity contribution is 5.89. The number of hydrogen-bond donors (Lipinski definition) is 1. The summed E-state index contributed by atoms with van der Waals surface area (Å²) < 4.78 is 5.23. The molecule has 0 heterocycles. The van der Waals surface area contributed by atoms with E-state index in [4.69, 9.17) is 4.74 Å². The zero-order valence-corrected chi connectivity index (χ0v) is 10.3. The molecule has 1 aromatic rings. The molecule has 0 unspecified atom stereocenters. The number of nitrogens with zero attached hydrogens (tertiary/aromatic N) is 1. The zero-order valence-electron chi connectivity index (χ0n) is 10.3. The molecule has 1 fully saturated rings. The lowest BCUT2D eigenvalue weighted by atomic mass is 9.95. The molecule has 19 heavy (non-hydrogen) atoms. The maximum absolute atomic E-state index is 11.8. The summed E-state index contributed by atoms with van der Waals surface area (Å²) in [6.45, 7) is 0. The van der Waals surface area contributed by atoms with E-state index in [0.29, 0.717) is 12.8 Å². The topological polar surface area (TPSA) is 89.7 Å². The first-order valence-electron chi connectivity index (χ1n) is 6.21. The normalized spacial score (nSPS) is 22.8. The molecular formula is C13H15NO5. The minimum atomic E-state index is -0.615. The van der Waals surface area contributed by atoms with Crippen LogP contribution in [0.15, 0.2) is 24.3 Å². The Morgan fingerprint density at radius 2 is 1.89 bits per heavy atom. The smallest absolute Gasteiger partial charge is 0.338 e. The molecule has 0 saturated heterocycles. The van der Waals surface area contributed by atoms with Crippen molar-refractivity contribution in [1.82, 2.24) is 0 Å². The number of aliphatic hydroxyl groups is 1. The molecule has 1 aromatic carbocycles. The molecule has 1 aliphatic rings. The number of nitro groups is 1. The van der Waals surface area contributed by atoms with Crippen molar-refractivity contribution in [3.63, 3.8) is 0 Å². The van der Waals surface area contributed by atoms with Crippen molar-refractivity contribution in [3.8, 4) is 0 Å². The molecule has 0 amide bonds. The van der Waals surface area contributed by atoms with Crippen LogP contribution in [-0.4, -0.2) is 28.2 Å². The van der Waals surface area contributed by atoms with Gasteiger partial charge in [-0.3, -0.25) is 10.1 Å². The van der Waals surface area contributed by atoms with Crippen LogP contribution in [0, 0.1) is 10.1 Å². The highest BCUT2D eigenvalue weighted by Gasteiger charge is 2.26. The molecule has 2 rings (SSSR count). The second kappa shape index (κ2) is 5.79. The van der Waals surface area contributed by atoms with Crippen LogP contribution < -0.4 is 0 Å². The first-order chi connectivity index (χ1) is 9.08. The second-order valence-electron chi connectivity index (χ2n) is 4.60. The SMILES string of the molecule is O=C(O[C@H]1CCCC[C@H]1O)c1ccc([N+](=O)[O-])cc1. The maximum atomic E-state index is 11.8. The second-order valence-corrected chi connectivity index (χ2v) is 4.60. The molecule has 6 heteroatoms. The summed E-state index contributed by atoms with van der Waals surface area (Å²) in [6.07, 6.45) is 2.06. The van der Waals surface area contributed by atoms with Crippen LogP contribution in [0.4, 0.5) is 5.69 Å². The molecular weight excluding hydrogens is 250 g/mol. The number of non-ortho nitro benzene ring substituents is 1. The number of nitro benzene ring substituents is 1. The number of carbonyl (C=O) groups excluding carboxylic acids is 1. The van der Waals surface area contributed by atoms with Crippen LogP contribution in [0.1, 0.15) is 36.0 Å². The van der Waals surface area contributed by atoms with Gasteiger partial charge in [-0.15, -0.1) is 0 Å². The number of ether oxygens (including phenoxy) is 1. The number of carbonyl (C=O) groups is 1. The summed E-state index contributed by atoms with van der Waals surface area (Å²) in [5.74, 6) is -0.555. The summed E-state index contributed by atoms with van der Waals surface area (Å²) in [4.78, 5) is 21.8. The average molecular weight is 265 g/mol. The van der Waals surface area contributed by atoms with Crippen LogP contribution >= 0.6 is 0 Å². The van der Waals surface area contributed by atoms with E-state index in [0.717, 1.165) is 12.8 Å². The average Bonchev–Trinajstić information content (AvgIpc) is 2.41. The number of aliphatic hydroxyl groups excluding tert-OH is 1. The Morgan fingerprint density at radius 3 is 2.47 bits per heavy atom. The minimum Gasteiger partial charge on any atom is -0.456 e. The van der Waals surface area contributed by atoms with E-state index in [2.05, 4.69) is 0 Å². The molecule has 0 aliphatic heterocycles. The molecule has 6 nitrogen and oxygen atoms in total. The van der Waals surface area contributed by atoms with E-state index in [1.165, 1.54) is 24.3 Å². The van der Waals surface area contributed by atoms with E-state index in [9.17, 15) is 20.0 Å². The van der Waals surface area contributed by atoms with Crippen molar-refractivity contribution >= 4 is 11.7 Å². The van der Waals surface area contributed by atoms with E-state index >= 15 is 0 Å². The van der Waals surface area contributed by atoms with Crippen molar-refractivity contribution in [2.24, 2.45) is 0 Å². The first-order valence-corrected chi connectivity index (χ1v) is 6.21. The number of rotatable bonds is 3. The largest absolute Gasteiger partial charge is 0.456 e. The van der Waals surface area contributed by atoms with Gasteiger partial charge in [-0.05, 0) is 31.4 Å². The Hall–Kier alpha value is -1.95. The highest BCUT2D eigenvalue weighted by atomic mass is 16.6. The Balaban J connectivity index is 2.01. The van der Waals surface area contributed by atoms with Crippen LogP contribution in [0.25, 0.3) is 0 Å². The Bertz CT molecular complexity index is 470. The molecule has 0 aromatic heterocycles.